The number of H-pyrrole nitrogens is 1. The Morgan fingerprint density at radius 3 is 2.63 bits per heavy atom. The number of carboxylic acids is 1. The molecule has 2 aromatic rings. The Balaban J connectivity index is 2.80. The molecule has 0 aliphatic carbocycles. The molecule has 0 bridgehead atoms. The third-order valence-electron chi connectivity index (χ3n) is 2.76. The van der Waals surface area contributed by atoms with Crippen molar-refractivity contribution in [3.8, 4) is 5.75 Å². The number of fused-ring (bicyclic) bond motifs is 1. The molecule has 0 saturated heterocycles. The van der Waals surface area contributed by atoms with Gasteiger partial charge in [-0.2, -0.15) is 0 Å². The van der Waals surface area contributed by atoms with Crippen molar-refractivity contribution in [2.24, 2.45) is 0 Å². The predicted molar refractivity (Wildman–Crippen MR) is 72.0 cm³/mol. The molecule has 1 aromatic carbocycles. The Morgan fingerprint density at radius 2 is 2.05 bits per heavy atom. The van der Waals surface area contributed by atoms with Crippen LogP contribution in [-0.4, -0.2) is 22.2 Å². The zero-order valence-electron chi connectivity index (χ0n) is 11.0. The van der Waals surface area contributed by atoms with E-state index in [1.165, 1.54) is 0 Å². The van der Waals surface area contributed by atoms with Crippen molar-refractivity contribution in [2.75, 3.05) is 0 Å². The fourth-order valence-corrected chi connectivity index (χ4v) is 2.01. The van der Waals surface area contributed by atoms with Gasteiger partial charge in [0.2, 0.25) is 5.43 Å². The molecule has 0 saturated carbocycles. The largest absolute Gasteiger partial charge is 0.489 e. The summed E-state index contributed by atoms with van der Waals surface area (Å²) in [6.07, 6.45) is -0.0337. The number of hydrogen-bond acceptors (Lipinski definition) is 3. The minimum absolute atomic E-state index is 0.0337. The number of aryl methyl sites for hydroxylation is 1. The first-order valence-electron chi connectivity index (χ1n) is 5.97. The van der Waals surface area contributed by atoms with Crippen LogP contribution in [0.5, 0.6) is 5.75 Å². The van der Waals surface area contributed by atoms with Crippen molar-refractivity contribution in [2.45, 2.75) is 26.9 Å². The van der Waals surface area contributed by atoms with E-state index in [9.17, 15) is 9.59 Å². The lowest BCUT2D eigenvalue weighted by atomic mass is 10.1. The third kappa shape index (κ3) is 2.31. The highest BCUT2D eigenvalue weighted by molar-refractivity contribution is 5.95. The number of benzene rings is 1. The van der Waals surface area contributed by atoms with Crippen LogP contribution in [0.15, 0.2) is 23.0 Å². The first-order valence-corrected chi connectivity index (χ1v) is 5.97. The van der Waals surface area contributed by atoms with Crippen molar-refractivity contribution in [1.82, 2.24) is 4.98 Å². The van der Waals surface area contributed by atoms with Gasteiger partial charge in [0.05, 0.1) is 17.0 Å². The molecule has 1 aromatic heterocycles. The van der Waals surface area contributed by atoms with Gasteiger partial charge in [-0.15, -0.1) is 0 Å². The maximum Gasteiger partial charge on any atom is 0.341 e. The molecular formula is C14H15NO4. The standard InChI is InChI=1S/C14H15NO4/c1-7(2)19-10-6-4-5-9-12(10)15-8(3)11(13(9)16)14(17)18/h4-7H,1-3H3,(H,15,16)(H,17,18). The van der Waals surface area contributed by atoms with Gasteiger partial charge < -0.3 is 14.8 Å². The number of aromatic amines is 1. The van der Waals surface area contributed by atoms with Gasteiger partial charge in [0.15, 0.2) is 0 Å². The summed E-state index contributed by atoms with van der Waals surface area (Å²) >= 11 is 0. The van der Waals surface area contributed by atoms with Crippen molar-refractivity contribution < 1.29 is 14.6 Å². The van der Waals surface area contributed by atoms with Crippen molar-refractivity contribution in [3.63, 3.8) is 0 Å². The summed E-state index contributed by atoms with van der Waals surface area (Å²) in [6.45, 7) is 5.33. The fourth-order valence-electron chi connectivity index (χ4n) is 2.01. The lowest BCUT2D eigenvalue weighted by Gasteiger charge is -2.13. The molecule has 0 aliphatic heterocycles. The smallest absolute Gasteiger partial charge is 0.341 e. The van der Waals surface area contributed by atoms with E-state index in [0.717, 1.165) is 0 Å². The van der Waals surface area contributed by atoms with E-state index >= 15 is 0 Å². The van der Waals surface area contributed by atoms with E-state index in [0.29, 0.717) is 22.3 Å². The minimum Gasteiger partial charge on any atom is -0.489 e. The van der Waals surface area contributed by atoms with Gasteiger partial charge in [-0.05, 0) is 32.9 Å². The number of ether oxygens (including phenoxy) is 1. The van der Waals surface area contributed by atoms with Crippen LogP contribution in [-0.2, 0) is 0 Å². The molecule has 2 rings (SSSR count). The van der Waals surface area contributed by atoms with Crippen LogP contribution >= 0.6 is 0 Å². The quantitative estimate of drug-likeness (QED) is 0.888. The summed E-state index contributed by atoms with van der Waals surface area (Å²) < 4.78 is 5.62. The van der Waals surface area contributed by atoms with Gasteiger partial charge in [-0.25, -0.2) is 4.79 Å². The first kappa shape index (κ1) is 13.1. The predicted octanol–water partition coefficient (Wildman–Crippen LogP) is 2.32. The number of pyridine rings is 1. The van der Waals surface area contributed by atoms with E-state index < -0.39 is 11.4 Å². The molecule has 0 radical (unpaired) electrons. The van der Waals surface area contributed by atoms with Gasteiger partial charge in [0.25, 0.3) is 0 Å². The number of aromatic nitrogens is 1. The normalized spacial score (nSPS) is 10.9. The van der Waals surface area contributed by atoms with Crippen molar-refractivity contribution in [1.29, 1.82) is 0 Å². The number of aromatic carboxylic acids is 1. The number of nitrogens with one attached hydrogen (secondary N) is 1. The summed E-state index contributed by atoms with van der Waals surface area (Å²) in [5.41, 5.74) is 0.135. The van der Waals surface area contributed by atoms with Gasteiger partial charge in [-0.3, -0.25) is 4.79 Å². The molecule has 19 heavy (non-hydrogen) atoms. The monoisotopic (exact) mass is 261 g/mol. The van der Waals surface area contributed by atoms with Crippen molar-refractivity contribution in [3.05, 3.63) is 39.7 Å². The molecule has 0 amide bonds. The highest BCUT2D eigenvalue weighted by Crippen LogP contribution is 2.23. The lowest BCUT2D eigenvalue weighted by molar-refractivity contribution is 0.0694. The second-order valence-electron chi connectivity index (χ2n) is 4.60. The van der Waals surface area contributed by atoms with Crippen LogP contribution in [0.2, 0.25) is 0 Å². The van der Waals surface area contributed by atoms with Gasteiger partial charge in [0, 0.05) is 5.69 Å². The number of carboxylic acid groups (broad SMARTS) is 1. The second-order valence-corrected chi connectivity index (χ2v) is 4.60. The summed E-state index contributed by atoms with van der Waals surface area (Å²) in [5.74, 6) is -0.680. The molecule has 0 fully saturated rings. The van der Waals surface area contributed by atoms with Crippen LogP contribution in [0, 0.1) is 6.92 Å². The van der Waals surface area contributed by atoms with Crippen LogP contribution in [0.25, 0.3) is 10.9 Å². The maximum absolute atomic E-state index is 12.2. The number of rotatable bonds is 3. The third-order valence-corrected chi connectivity index (χ3v) is 2.76. The molecule has 0 spiro atoms. The number of hydrogen-bond donors (Lipinski definition) is 2. The molecule has 2 N–H and O–H groups in total. The van der Waals surface area contributed by atoms with E-state index in [4.69, 9.17) is 9.84 Å². The zero-order valence-corrected chi connectivity index (χ0v) is 11.0. The second kappa shape index (κ2) is 4.76. The summed E-state index contributed by atoms with van der Waals surface area (Å²) in [4.78, 5) is 26.2. The molecule has 100 valence electrons. The summed E-state index contributed by atoms with van der Waals surface area (Å²) in [6, 6.07) is 5.02. The number of para-hydroxylation sites is 1. The van der Waals surface area contributed by atoms with Gasteiger partial charge in [0.1, 0.15) is 11.3 Å². The highest BCUT2D eigenvalue weighted by atomic mass is 16.5. The first-order chi connectivity index (χ1) is 8.91. The maximum atomic E-state index is 12.2. The Morgan fingerprint density at radius 1 is 1.37 bits per heavy atom. The van der Waals surface area contributed by atoms with Gasteiger partial charge >= 0.3 is 5.97 Å². The van der Waals surface area contributed by atoms with Crippen LogP contribution < -0.4 is 10.2 Å². The van der Waals surface area contributed by atoms with E-state index in [1.807, 2.05) is 13.8 Å². The molecule has 5 heteroatoms. The molecular weight excluding hydrogens is 246 g/mol. The molecule has 0 atom stereocenters. The summed E-state index contributed by atoms with van der Waals surface area (Å²) in [5, 5.41) is 9.39. The SMILES string of the molecule is Cc1[nH]c2c(OC(C)C)cccc2c(=O)c1C(=O)O. The minimum atomic E-state index is -1.23. The van der Waals surface area contributed by atoms with E-state index in [2.05, 4.69) is 4.98 Å². The van der Waals surface area contributed by atoms with E-state index in [-0.39, 0.29) is 11.7 Å². The van der Waals surface area contributed by atoms with Gasteiger partial charge in [-0.1, -0.05) is 6.07 Å². The van der Waals surface area contributed by atoms with Crippen LogP contribution in [0.3, 0.4) is 0 Å². The fraction of sp³-hybridized carbons (Fsp3) is 0.286. The average molecular weight is 261 g/mol. The summed E-state index contributed by atoms with van der Waals surface area (Å²) in [7, 11) is 0. The highest BCUT2D eigenvalue weighted by Gasteiger charge is 2.17. The van der Waals surface area contributed by atoms with Crippen LogP contribution in [0.1, 0.15) is 29.9 Å². The average Bonchev–Trinajstić information content (AvgIpc) is 2.29. The molecule has 5 nitrogen and oxygen atoms in total. The molecule has 1 heterocycles. The topological polar surface area (TPSA) is 79.4 Å². The Kier molecular flexibility index (Phi) is 3.29. The van der Waals surface area contributed by atoms with Crippen LogP contribution in [0.4, 0.5) is 0 Å². The number of carbonyl (C=O) groups is 1. The Labute approximate surface area is 109 Å². The Bertz CT molecular complexity index is 700. The Hall–Kier alpha value is -2.30. The van der Waals surface area contributed by atoms with E-state index in [1.54, 1.807) is 25.1 Å². The van der Waals surface area contributed by atoms with Crippen molar-refractivity contribution >= 4 is 16.9 Å². The molecule has 0 aliphatic rings. The lowest BCUT2D eigenvalue weighted by Crippen LogP contribution is -2.19. The zero-order chi connectivity index (χ0) is 14.2. The molecule has 0 unspecified atom stereocenters.